The van der Waals surface area contributed by atoms with Crippen molar-refractivity contribution >= 4 is 5.69 Å². The van der Waals surface area contributed by atoms with Crippen molar-refractivity contribution in [2.24, 2.45) is 0 Å². The Hall–Kier alpha value is -2.05. The van der Waals surface area contributed by atoms with Gasteiger partial charge >= 0.3 is 5.69 Å². The smallest absolute Gasteiger partial charge is 0.388 e. The van der Waals surface area contributed by atoms with Crippen LogP contribution in [0.2, 0.25) is 0 Å². The van der Waals surface area contributed by atoms with E-state index in [1.807, 2.05) is 36.4 Å². The molecule has 2 rings (SSSR count). The first-order valence-electron chi connectivity index (χ1n) is 5.00. The van der Waals surface area contributed by atoms with Gasteiger partial charge in [-0.2, -0.15) is 0 Å². The fourth-order valence-corrected chi connectivity index (χ4v) is 1.38. The highest BCUT2D eigenvalue weighted by atomic mass is 35.5. The first-order chi connectivity index (χ1) is 7.88. The van der Waals surface area contributed by atoms with E-state index in [0.29, 0.717) is 18.0 Å². The van der Waals surface area contributed by atoms with E-state index in [0.717, 1.165) is 5.56 Å². The average Bonchev–Trinajstić information content (AvgIpc) is 2.38. The second-order valence-corrected chi connectivity index (χ2v) is 3.37. The molecule has 0 N–H and O–H groups in total. The van der Waals surface area contributed by atoms with E-state index in [-0.39, 0.29) is 12.4 Å². The van der Waals surface area contributed by atoms with Crippen LogP contribution in [0.25, 0.3) is 4.98 Å². The summed E-state index contributed by atoms with van der Waals surface area (Å²) >= 11 is 0. The lowest BCUT2D eigenvalue weighted by Gasteiger charge is -2.04. The Balaban J connectivity index is 0.00000144. The summed E-state index contributed by atoms with van der Waals surface area (Å²) in [5.74, 6) is 0.694. The third-order valence-corrected chi connectivity index (χ3v) is 2.18. The molecule has 0 atom stereocenters. The molecule has 2 aromatic rings. The summed E-state index contributed by atoms with van der Waals surface area (Å²) in [7, 11) is 0. The third kappa shape index (κ3) is 3.78. The Labute approximate surface area is 106 Å². The van der Waals surface area contributed by atoms with Crippen molar-refractivity contribution in [1.82, 2.24) is 0 Å². The highest BCUT2D eigenvalue weighted by Crippen LogP contribution is 2.20. The third-order valence-electron chi connectivity index (χ3n) is 2.18. The van der Waals surface area contributed by atoms with Crippen molar-refractivity contribution in [2.45, 2.75) is 6.61 Å². The largest absolute Gasteiger partial charge is 1.00 e. The topological polar surface area (TPSA) is 37.4 Å². The summed E-state index contributed by atoms with van der Waals surface area (Å²) in [6.07, 6.45) is 0. The van der Waals surface area contributed by atoms with Crippen LogP contribution in [-0.4, -0.2) is 0 Å². The molecule has 0 amide bonds. The maximum Gasteiger partial charge on any atom is 0.388 e. The number of ether oxygens (including phenoxy) is 1. The van der Waals surface area contributed by atoms with E-state index in [9.17, 15) is 0 Å². The Morgan fingerprint density at radius 1 is 1.00 bits per heavy atom. The Kier molecular flexibility index (Phi) is 4.99. The van der Waals surface area contributed by atoms with Crippen molar-refractivity contribution < 1.29 is 17.1 Å². The highest BCUT2D eigenvalue weighted by molar-refractivity contribution is 5.48. The molecule has 86 valence electrons. The predicted molar refractivity (Wildman–Crippen MR) is 62.0 cm³/mol. The zero-order valence-electron chi connectivity index (χ0n) is 9.08. The molecule has 4 heteroatoms. The molecule has 0 saturated carbocycles. The van der Waals surface area contributed by atoms with Crippen molar-refractivity contribution in [3.63, 3.8) is 0 Å². The molecule has 0 spiro atoms. The molecule has 2 aromatic carbocycles. The molecule has 0 fully saturated rings. The number of nitrogens with zero attached hydrogens (tertiary/aromatic N) is 2. The normalized spacial score (nSPS) is 8.88. The zero-order valence-corrected chi connectivity index (χ0v) is 9.84. The number of rotatable bonds is 3. The first-order valence-corrected chi connectivity index (χ1v) is 5.00. The summed E-state index contributed by atoms with van der Waals surface area (Å²) in [4.78, 5) is 3.11. The van der Waals surface area contributed by atoms with Gasteiger partial charge in [0.25, 0.3) is 0 Å². The molecule has 3 nitrogen and oxygen atoms in total. The standard InChI is InChI=1S/C13H11N2O.ClH/c14-15-12-7-4-8-13(9-12)16-10-11-5-2-1-3-6-11;/h1-9H,10H2;1H/q+1;/p-1. The van der Waals surface area contributed by atoms with Crippen molar-refractivity contribution in [3.05, 3.63) is 65.1 Å². The predicted octanol–water partition coefficient (Wildman–Crippen LogP) is 0.754. The van der Waals surface area contributed by atoms with Gasteiger partial charge in [0.2, 0.25) is 5.39 Å². The number of halogens is 1. The minimum atomic E-state index is 0. The van der Waals surface area contributed by atoms with Crippen molar-refractivity contribution in [1.29, 1.82) is 5.39 Å². The minimum Gasteiger partial charge on any atom is -1.00 e. The van der Waals surface area contributed by atoms with Crippen LogP contribution in [0.15, 0.2) is 54.6 Å². The summed E-state index contributed by atoms with van der Waals surface area (Å²) < 4.78 is 5.56. The second kappa shape index (κ2) is 6.51. The monoisotopic (exact) mass is 246 g/mol. The van der Waals surface area contributed by atoms with Gasteiger partial charge in [-0.3, -0.25) is 0 Å². The molecule has 0 radical (unpaired) electrons. The van der Waals surface area contributed by atoms with Crippen LogP contribution in [0.4, 0.5) is 5.69 Å². The van der Waals surface area contributed by atoms with Gasteiger partial charge in [0.05, 0.1) is 6.07 Å². The van der Waals surface area contributed by atoms with E-state index in [1.54, 1.807) is 18.2 Å². The molecule has 0 aliphatic rings. The lowest BCUT2D eigenvalue weighted by Crippen LogP contribution is -3.00. The molecule has 0 aromatic heterocycles. The molecule has 0 saturated heterocycles. The van der Waals surface area contributed by atoms with Gasteiger partial charge in [-0.25, -0.2) is 0 Å². The lowest BCUT2D eigenvalue weighted by atomic mass is 10.2. The van der Waals surface area contributed by atoms with Gasteiger partial charge in [0, 0.05) is 6.07 Å². The molecule has 0 bridgehead atoms. The Morgan fingerprint density at radius 3 is 2.47 bits per heavy atom. The van der Waals surface area contributed by atoms with E-state index in [2.05, 4.69) is 4.98 Å². The van der Waals surface area contributed by atoms with Gasteiger partial charge in [0.1, 0.15) is 12.4 Å². The quantitative estimate of drug-likeness (QED) is 0.750. The summed E-state index contributed by atoms with van der Waals surface area (Å²) in [6.45, 7) is 0.510. The van der Waals surface area contributed by atoms with E-state index >= 15 is 0 Å². The second-order valence-electron chi connectivity index (χ2n) is 3.37. The van der Waals surface area contributed by atoms with Gasteiger partial charge in [-0.05, 0) is 11.6 Å². The maximum absolute atomic E-state index is 8.62. The molecule has 0 aliphatic heterocycles. The summed E-state index contributed by atoms with van der Waals surface area (Å²) in [5, 5.41) is 8.62. The van der Waals surface area contributed by atoms with Gasteiger partial charge in [-0.1, -0.05) is 36.4 Å². The number of diazo groups is 1. The maximum atomic E-state index is 8.62. The van der Waals surface area contributed by atoms with E-state index in [4.69, 9.17) is 10.1 Å². The van der Waals surface area contributed by atoms with Crippen molar-refractivity contribution in [3.8, 4) is 5.75 Å². The molecule has 0 unspecified atom stereocenters. The van der Waals surface area contributed by atoms with Gasteiger partial charge in [-0.15, -0.1) is 0 Å². The number of benzene rings is 2. The molecule has 17 heavy (non-hydrogen) atoms. The lowest BCUT2D eigenvalue weighted by molar-refractivity contribution is -0.00000382. The van der Waals surface area contributed by atoms with Crippen LogP contribution in [0.5, 0.6) is 5.75 Å². The average molecular weight is 247 g/mol. The fraction of sp³-hybridized carbons (Fsp3) is 0.0769. The molecule has 0 aliphatic carbocycles. The van der Waals surface area contributed by atoms with Crippen LogP contribution in [0.3, 0.4) is 0 Å². The first kappa shape index (κ1) is 13.0. The molecule has 0 heterocycles. The van der Waals surface area contributed by atoms with Crippen LogP contribution in [0.1, 0.15) is 5.56 Å². The number of hydrogen-bond acceptors (Lipinski definition) is 2. The molecular formula is C13H11ClN2O. The van der Waals surface area contributed by atoms with E-state index < -0.39 is 0 Å². The van der Waals surface area contributed by atoms with E-state index in [1.165, 1.54) is 0 Å². The van der Waals surface area contributed by atoms with Gasteiger partial charge in [0.15, 0.2) is 4.98 Å². The fourth-order valence-electron chi connectivity index (χ4n) is 1.38. The van der Waals surface area contributed by atoms with Crippen molar-refractivity contribution in [2.75, 3.05) is 0 Å². The Morgan fingerprint density at radius 2 is 1.76 bits per heavy atom. The van der Waals surface area contributed by atoms with Gasteiger partial charge < -0.3 is 17.1 Å². The highest BCUT2D eigenvalue weighted by Gasteiger charge is 2.05. The molecular weight excluding hydrogens is 236 g/mol. The Bertz CT molecular complexity index is 508. The minimum absolute atomic E-state index is 0. The van der Waals surface area contributed by atoms with Crippen LogP contribution in [0, 0.1) is 5.39 Å². The number of hydrogen-bond donors (Lipinski definition) is 0. The summed E-state index contributed by atoms with van der Waals surface area (Å²) in [5.41, 5.74) is 1.60. The van der Waals surface area contributed by atoms with Crippen LogP contribution >= 0.6 is 0 Å². The zero-order chi connectivity index (χ0) is 11.2. The van der Waals surface area contributed by atoms with Crippen LogP contribution in [-0.2, 0) is 6.61 Å². The van der Waals surface area contributed by atoms with Crippen LogP contribution < -0.4 is 17.1 Å². The SMILES string of the molecule is N#[N+]c1cccc(OCc2ccccc2)c1.[Cl-]. The summed E-state index contributed by atoms with van der Waals surface area (Å²) in [6, 6.07) is 16.9.